The number of carbonyl (C=O) groups is 1. The first kappa shape index (κ1) is 14.9. The van der Waals surface area contributed by atoms with Gasteiger partial charge in [-0.2, -0.15) is 0 Å². The van der Waals surface area contributed by atoms with E-state index in [1.807, 2.05) is 24.3 Å². The zero-order chi connectivity index (χ0) is 16.6. The van der Waals surface area contributed by atoms with E-state index in [-0.39, 0.29) is 11.7 Å². The van der Waals surface area contributed by atoms with E-state index in [0.29, 0.717) is 13.0 Å². The van der Waals surface area contributed by atoms with Crippen molar-refractivity contribution in [2.45, 2.75) is 24.7 Å². The molecule has 5 heteroatoms. The molecular formula is C19H18FN3O. The second-order valence-corrected chi connectivity index (χ2v) is 6.30. The van der Waals surface area contributed by atoms with E-state index >= 15 is 0 Å². The lowest BCUT2D eigenvalue weighted by atomic mass is 9.95. The Morgan fingerprint density at radius 2 is 1.92 bits per heavy atom. The SMILES string of the molecule is O=C(NCCc1nc2ccccc2[nH]1)C1(c2ccc(F)cc2)CC1. The van der Waals surface area contributed by atoms with Crippen molar-refractivity contribution in [3.63, 3.8) is 0 Å². The summed E-state index contributed by atoms with van der Waals surface area (Å²) in [7, 11) is 0. The zero-order valence-electron chi connectivity index (χ0n) is 13.2. The standard InChI is InChI=1S/C19H18FN3O/c20-14-7-5-13(6-8-14)19(10-11-19)18(24)21-12-9-17-22-15-3-1-2-4-16(15)23-17/h1-8H,9-12H2,(H,21,24)(H,22,23). The molecule has 0 radical (unpaired) electrons. The van der Waals surface area contributed by atoms with Crippen molar-refractivity contribution >= 4 is 16.9 Å². The highest BCUT2D eigenvalue weighted by molar-refractivity contribution is 5.91. The average molecular weight is 323 g/mol. The Morgan fingerprint density at radius 3 is 2.62 bits per heavy atom. The predicted molar refractivity (Wildman–Crippen MR) is 90.1 cm³/mol. The number of H-pyrrole nitrogens is 1. The van der Waals surface area contributed by atoms with Gasteiger partial charge in [-0.25, -0.2) is 9.37 Å². The van der Waals surface area contributed by atoms with Gasteiger partial charge in [0.1, 0.15) is 11.6 Å². The molecule has 1 heterocycles. The number of fused-ring (bicyclic) bond motifs is 1. The Hall–Kier alpha value is -2.69. The first-order valence-corrected chi connectivity index (χ1v) is 8.15. The topological polar surface area (TPSA) is 57.8 Å². The van der Waals surface area contributed by atoms with Crippen LogP contribution in [0, 0.1) is 5.82 Å². The van der Waals surface area contributed by atoms with Crippen molar-refractivity contribution in [3.05, 3.63) is 65.7 Å². The number of hydrogen-bond donors (Lipinski definition) is 2. The molecule has 0 saturated heterocycles. The van der Waals surface area contributed by atoms with E-state index in [2.05, 4.69) is 15.3 Å². The Balaban J connectivity index is 1.39. The molecule has 0 atom stereocenters. The number of nitrogens with zero attached hydrogens (tertiary/aromatic N) is 1. The van der Waals surface area contributed by atoms with Crippen LogP contribution in [-0.4, -0.2) is 22.4 Å². The number of rotatable bonds is 5. The zero-order valence-corrected chi connectivity index (χ0v) is 13.2. The van der Waals surface area contributed by atoms with Crippen molar-refractivity contribution in [2.24, 2.45) is 0 Å². The van der Waals surface area contributed by atoms with E-state index in [9.17, 15) is 9.18 Å². The lowest BCUT2D eigenvalue weighted by molar-refractivity contribution is -0.123. The molecule has 24 heavy (non-hydrogen) atoms. The van der Waals surface area contributed by atoms with Crippen molar-refractivity contribution in [3.8, 4) is 0 Å². The Kier molecular flexibility index (Phi) is 3.56. The van der Waals surface area contributed by atoms with E-state index in [4.69, 9.17) is 0 Å². The molecule has 0 unspecified atom stereocenters. The molecule has 0 spiro atoms. The molecule has 0 aliphatic heterocycles. The van der Waals surface area contributed by atoms with Gasteiger partial charge in [-0.15, -0.1) is 0 Å². The van der Waals surface area contributed by atoms with Crippen LogP contribution in [0.1, 0.15) is 24.2 Å². The molecule has 1 aromatic heterocycles. The molecule has 3 aromatic rings. The van der Waals surface area contributed by atoms with Crippen LogP contribution in [0.3, 0.4) is 0 Å². The summed E-state index contributed by atoms with van der Waals surface area (Å²) < 4.78 is 13.1. The van der Waals surface area contributed by atoms with Gasteiger partial charge in [0, 0.05) is 13.0 Å². The molecular weight excluding hydrogens is 305 g/mol. The quantitative estimate of drug-likeness (QED) is 0.758. The van der Waals surface area contributed by atoms with Crippen LogP contribution in [0.2, 0.25) is 0 Å². The van der Waals surface area contributed by atoms with E-state index in [1.165, 1.54) is 12.1 Å². The van der Waals surface area contributed by atoms with E-state index in [1.54, 1.807) is 12.1 Å². The normalized spacial score (nSPS) is 15.4. The second kappa shape index (κ2) is 5.74. The number of para-hydroxylation sites is 2. The van der Waals surface area contributed by atoms with Crippen molar-refractivity contribution < 1.29 is 9.18 Å². The van der Waals surface area contributed by atoms with Crippen molar-refractivity contribution in [1.29, 1.82) is 0 Å². The Labute approximate surface area is 139 Å². The maximum Gasteiger partial charge on any atom is 0.230 e. The number of benzene rings is 2. The minimum Gasteiger partial charge on any atom is -0.355 e. The van der Waals surface area contributed by atoms with Crippen molar-refractivity contribution in [1.82, 2.24) is 15.3 Å². The van der Waals surface area contributed by atoms with Gasteiger partial charge in [0.2, 0.25) is 5.91 Å². The molecule has 0 bridgehead atoms. The predicted octanol–water partition coefficient (Wildman–Crippen LogP) is 3.09. The fourth-order valence-electron chi connectivity index (χ4n) is 3.13. The molecule has 1 saturated carbocycles. The summed E-state index contributed by atoms with van der Waals surface area (Å²) in [6, 6.07) is 14.1. The van der Waals surface area contributed by atoms with Crippen LogP contribution >= 0.6 is 0 Å². The van der Waals surface area contributed by atoms with Crippen LogP contribution in [0.25, 0.3) is 11.0 Å². The minimum absolute atomic E-state index is 0.0187. The van der Waals surface area contributed by atoms with Gasteiger partial charge in [0.15, 0.2) is 0 Å². The Bertz CT molecular complexity index is 848. The first-order valence-electron chi connectivity index (χ1n) is 8.15. The highest BCUT2D eigenvalue weighted by Gasteiger charge is 2.50. The number of nitrogens with one attached hydrogen (secondary N) is 2. The summed E-state index contributed by atoms with van der Waals surface area (Å²) in [6.45, 7) is 0.529. The van der Waals surface area contributed by atoms with Crippen LogP contribution in [-0.2, 0) is 16.6 Å². The first-order chi connectivity index (χ1) is 11.7. The smallest absolute Gasteiger partial charge is 0.230 e. The summed E-state index contributed by atoms with van der Waals surface area (Å²) in [5, 5.41) is 3.00. The molecule has 1 amide bonds. The van der Waals surface area contributed by atoms with Gasteiger partial charge >= 0.3 is 0 Å². The van der Waals surface area contributed by atoms with Gasteiger partial charge < -0.3 is 10.3 Å². The molecule has 1 aliphatic rings. The van der Waals surface area contributed by atoms with Crippen molar-refractivity contribution in [2.75, 3.05) is 6.54 Å². The fraction of sp³-hybridized carbons (Fsp3) is 0.263. The third kappa shape index (κ3) is 2.66. The maximum absolute atomic E-state index is 13.1. The third-order valence-corrected chi connectivity index (χ3v) is 4.67. The number of carbonyl (C=O) groups excluding carboxylic acids is 1. The summed E-state index contributed by atoms with van der Waals surface area (Å²) in [4.78, 5) is 20.3. The van der Waals surface area contributed by atoms with Crippen LogP contribution in [0.4, 0.5) is 4.39 Å². The summed E-state index contributed by atoms with van der Waals surface area (Å²) in [5.41, 5.74) is 2.36. The molecule has 2 N–H and O–H groups in total. The van der Waals surface area contributed by atoms with E-state index < -0.39 is 5.41 Å². The molecule has 4 rings (SSSR count). The van der Waals surface area contributed by atoms with Gasteiger partial charge in [0.25, 0.3) is 0 Å². The number of aromatic nitrogens is 2. The van der Waals surface area contributed by atoms with Crippen LogP contribution in [0.15, 0.2) is 48.5 Å². The van der Waals surface area contributed by atoms with Crippen LogP contribution in [0.5, 0.6) is 0 Å². The molecule has 122 valence electrons. The number of aromatic amines is 1. The largest absolute Gasteiger partial charge is 0.355 e. The monoisotopic (exact) mass is 323 g/mol. The number of imidazole rings is 1. The maximum atomic E-state index is 13.1. The summed E-state index contributed by atoms with van der Waals surface area (Å²) in [6.07, 6.45) is 2.28. The molecule has 1 aliphatic carbocycles. The number of halogens is 1. The highest BCUT2D eigenvalue weighted by Crippen LogP contribution is 2.48. The van der Waals surface area contributed by atoms with Crippen LogP contribution < -0.4 is 5.32 Å². The molecule has 2 aromatic carbocycles. The second-order valence-electron chi connectivity index (χ2n) is 6.30. The van der Waals surface area contributed by atoms with Gasteiger partial charge in [-0.05, 0) is 42.7 Å². The highest BCUT2D eigenvalue weighted by atomic mass is 19.1. The fourth-order valence-corrected chi connectivity index (χ4v) is 3.13. The minimum atomic E-state index is -0.471. The van der Waals surface area contributed by atoms with E-state index in [0.717, 1.165) is 35.3 Å². The average Bonchev–Trinajstić information content (AvgIpc) is 3.29. The summed E-state index contributed by atoms with van der Waals surface area (Å²) in [5.74, 6) is 0.605. The van der Waals surface area contributed by atoms with Gasteiger partial charge in [0.05, 0.1) is 16.4 Å². The van der Waals surface area contributed by atoms with Gasteiger partial charge in [-0.3, -0.25) is 4.79 Å². The third-order valence-electron chi connectivity index (χ3n) is 4.67. The summed E-state index contributed by atoms with van der Waals surface area (Å²) >= 11 is 0. The lowest BCUT2D eigenvalue weighted by Crippen LogP contribution is -2.36. The molecule has 1 fully saturated rings. The molecule has 4 nitrogen and oxygen atoms in total. The number of hydrogen-bond acceptors (Lipinski definition) is 2. The number of amides is 1. The van der Waals surface area contributed by atoms with Gasteiger partial charge in [-0.1, -0.05) is 24.3 Å². The Morgan fingerprint density at radius 1 is 1.17 bits per heavy atom. The lowest BCUT2D eigenvalue weighted by Gasteiger charge is -2.15.